The van der Waals surface area contributed by atoms with Gasteiger partial charge in [0.15, 0.2) is 0 Å². The van der Waals surface area contributed by atoms with Gasteiger partial charge in [-0.3, -0.25) is 0 Å². The maximum Gasteiger partial charge on any atom is 0.0775 e. The molecular formula is C16H20ClNSi. The maximum atomic E-state index is 6.12. The molecule has 0 saturated heterocycles. The Balaban J connectivity index is 2.03. The summed E-state index contributed by atoms with van der Waals surface area (Å²) >= 11 is 6.12. The second kappa shape index (κ2) is 5.80. The Morgan fingerprint density at radius 1 is 0.947 bits per heavy atom. The topological polar surface area (TPSA) is 12.0 Å². The van der Waals surface area contributed by atoms with Crippen molar-refractivity contribution in [3.8, 4) is 0 Å². The summed E-state index contributed by atoms with van der Waals surface area (Å²) in [6.45, 7) is 7.90. The zero-order valence-electron chi connectivity index (χ0n) is 11.7. The molecule has 3 heteroatoms. The fourth-order valence-corrected chi connectivity index (χ4v) is 3.29. The predicted octanol–water partition coefficient (Wildman–Crippen LogP) is 4.50. The number of benzene rings is 2. The quantitative estimate of drug-likeness (QED) is 0.817. The van der Waals surface area contributed by atoms with Crippen molar-refractivity contribution in [1.29, 1.82) is 0 Å². The summed E-state index contributed by atoms with van der Waals surface area (Å²) in [7, 11) is -1.19. The average molecular weight is 290 g/mol. The standard InChI is InChI=1S/C16H20ClNSi/c1-19(2,3)14-10-8-13(9-11-14)12-18-16-7-5-4-6-15(16)17/h4-11,18H,12H2,1-3H3. The largest absolute Gasteiger partial charge is 0.380 e. The zero-order valence-corrected chi connectivity index (χ0v) is 13.5. The Morgan fingerprint density at radius 3 is 2.16 bits per heavy atom. The van der Waals surface area contributed by atoms with Crippen LogP contribution in [0.1, 0.15) is 5.56 Å². The summed E-state index contributed by atoms with van der Waals surface area (Å²) in [5.41, 5.74) is 2.26. The van der Waals surface area contributed by atoms with Gasteiger partial charge in [-0.1, -0.05) is 72.8 Å². The Morgan fingerprint density at radius 2 is 1.58 bits per heavy atom. The van der Waals surface area contributed by atoms with Crippen LogP contribution in [0, 0.1) is 0 Å². The monoisotopic (exact) mass is 289 g/mol. The molecule has 0 bridgehead atoms. The lowest BCUT2D eigenvalue weighted by Gasteiger charge is -2.17. The minimum absolute atomic E-state index is 0.765. The Hall–Kier alpha value is -1.25. The van der Waals surface area contributed by atoms with E-state index >= 15 is 0 Å². The van der Waals surface area contributed by atoms with Gasteiger partial charge >= 0.3 is 0 Å². The summed E-state index contributed by atoms with van der Waals surface area (Å²) in [6, 6.07) is 16.8. The number of para-hydroxylation sites is 1. The van der Waals surface area contributed by atoms with Crippen LogP contribution in [-0.2, 0) is 6.54 Å². The lowest BCUT2D eigenvalue weighted by Crippen LogP contribution is -2.37. The van der Waals surface area contributed by atoms with Crippen molar-refractivity contribution in [3.63, 3.8) is 0 Å². The van der Waals surface area contributed by atoms with Crippen LogP contribution in [0.3, 0.4) is 0 Å². The highest BCUT2D eigenvalue weighted by atomic mass is 35.5. The van der Waals surface area contributed by atoms with Crippen LogP contribution >= 0.6 is 11.6 Å². The highest BCUT2D eigenvalue weighted by Gasteiger charge is 2.15. The molecule has 0 fully saturated rings. The van der Waals surface area contributed by atoms with Crippen molar-refractivity contribution >= 4 is 30.5 Å². The summed E-state index contributed by atoms with van der Waals surface area (Å²) in [4.78, 5) is 0. The molecule has 100 valence electrons. The third kappa shape index (κ3) is 3.85. The van der Waals surface area contributed by atoms with Gasteiger partial charge in [0, 0.05) is 6.54 Å². The molecule has 2 rings (SSSR count). The summed E-state index contributed by atoms with van der Waals surface area (Å²) in [6.07, 6.45) is 0. The number of hydrogen-bond acceptors (Lipinski definition) is 1. The summed E-state index contributed by atoms with van der Waals surface area (Å²) in [5, 5.41) is 5.63. The molecule has 0 amide bonds. The molecular weight excluding hydrogens is 270 g/mol. The van der Waals surface area contributed by atoms with E-state index in [0.29, 0.717) is 0 Å². The van der Waals surface area contributed by atoms with E-state index in [4.69, 9.17) is 11.6 Å². The lowest BCUT2D eigenvalue weighted by atomic mass is 10.2. The molecule has 0 aliphatic carbocycles. The van der Waals surface area contributed by atoms with Gasteiger partial charge in [0.25, 0.3) is 0 Å². The van der Waals surface area contributed by atoms with Crippen LogP contribution in [0.5, 0.6) is 0 Å². The Bertz CT molecular complexity index is 543. The van der Waals surface area contributed by atoms with E-state index < -0.39 is 8.07 Å². The molecule has 2 aromatic carbocycles. The van der Waals surface area contributed by atoms with E-state index in [9.17, 15) is 0 Å². The lowest BCUT2D eigenvalue weighted by molar-refractivity contribution is 1.15. The van der Waals surface area contributed by atoms with Crippen LogP contribution in [0.15, 0.2) is 48.5 Å². The average Bonchev–Trinajstić information content (AvgIpc) is 2.37. The molecule has 0 aromatic heterocycles. The first-order valence-corrected chi connectivity index (χ1v) is 10.4. The van der Waals surface area contributed by atoms with Crippen molar-refractivity contribution in [1.82, 2.24) is 0 Å². The molecule has 0 aliphatic rings. The molecule has 0 unspecified atom stereocenters. The molecule has 0 spiro atoms. The Kier molecular flexibility index (Phi) is 4.33. The van der Waals surface area contributed by atoms with E-state index in [1.165, 1.54) is 10.8 Å². The number of halogens is 1. The first kappa shape index (κ1) is 14.2. The van der Waals surface area contributed by atoms with Gasteiger partial charge in [-0.2, -0.15) is 0 Å². The van der Waals surface area contributed by atoms with Crippen molar-refractivity contribution in [2.45, 2.75) is 26.2 Å². The van der Waals surface area contributed by atoms with Crippen LogP contribution in [0.25, 0.3) is 0 Å². The van der Waals surface area contributed by atoms with Gasteiger partial charge in [-0.05, 0) is 17.7 Å². The molecule has 0 heterocycles. The summed E-state index contributed by atoms with van der Waals surface area (Å²) < 4.78 is 0. The first-order valence-electron chi connectivity index (χ1n) is 6.54. The molecule has 0 atom stereocenters. The summed E-state index contributed by atoms with van der Waals surface area (Å²) in [5.74, 6) is 0. The number of nitrogens with one attached hydrogen (secondary N) is 1. The fourth-order valence-electron chi connectivity index (χ4n) is 1.92. The van der Waals surface area contributed by atoms with E-state index in [-0.39, 0.29) is 0 Å². The Labute approximate surface area is 121 Å². The maximum absolute atomic E-state index is 6.12. The van der Waals surface area contributed by atoms with Gasteiger partial charge in [-0.25, -0.2) is 0 Å². The van der Waals surface area contributed by atoms with Crippen molar-refractivity contribution in [2.75, 3.05) is 5.32 Å². The fraction of sp³-hybridized carbons (Fsp3) is 0.250. The smallest absolute Gasteiger partial charge is 0.0775 e. The highest BCUT2D eigenvalue weighted by Crippen LogP contribution is 2.21. The van der Waals surface area contributed by atoms with E-state index in [2.05, 4.69) is 49.2 Å². The van der Waals surface area contributed by atoms with Crippen LogP contribution in [-0.4, -0.2) is 8.07 Å². The van der Waals surface area contributed by atoms with Crippen LogP contribution in [0.2, 0.25) is 24.7 Å². The second-order valence-corrected chi connectivity index (χ2v) is 11.3. The van der Waals surface area contributed by atoms with Crippen molar-refractivity contribution in [3.05, 3.63) is 59.1 Å². The number of hydrogen-bond donors (Lipinski definition) is 1. The molecule has 2 aromatic rings. The SMILES string of the molecule is C[Si](C)(C)c1ccc(CNc2ccccc2Cl)cc1. The van der Waals surface area contributed by atoms with Crippen molar-refractivity contribution in [2.24, 2.45) is 0 Å². The number of anilines is 1. The first-order chi connectivity index (χ1) is 8.97. The van der Waals surface area contributed by atoms with Gasteiger partial charge in [-0.15, -0.1) is 0 Å². The van der Waals surface area contributed by atoms with Crippen LogP contribution in [0.4, 0.5) is 5.69 Å². The van der Waals surface area contributed by atoms with E-state index in [1.807, 2.05) is 24.3 Å². The zero-order chi connectivity index (χ0) is 13.9. The molecule has 0 aliphatic heterocycles. The third-order valence-corrected chi connectivity index (χ3v) is 5.57. The third-order valence-electron chi connectivity index (χ3n) is 3.18. The minimum Gasteiger partial charge on any atom is -0.380 e. The van der Waals surface area contributed by atoms with Crippen LogP contribution < -0.4 is 10.5 Å². The normalized spacial score (nSPS) is 11.4. The van der Waals surface area contributed by atoms with Gasteiger partial charge in [0.05, 0.1) is 18.8 Å². The minimum atomic E-state index is -1.19. The molecule has 1 nitrogen and oxygen atoms in total. The molecule has 1 N–H and O–H groups in total. The van der Waals surface area contributed by atoms with E-state index in [1.54, 1.807) is 0 Å². The van der Waals surface area contributed by atoms with Gasteiger partial charge in [0.1, 0.15) is 0 Å². The predicted molar refractivity (Wildman–Crippen MR) is 88.2 cm³/mol. The number of rotatable bonds is 4. The van der Waals surface area contributed by atoms with E-state index in [0.717, 1.165) is 17.3 Å². The van der Waals surface area contributed by atoms with Crippen molar-refractivity contribution < 1.29 is 0 Å². The molecule has 19 heavy (non-hydrogen) atoms. The molecule has 0 radical (unpaired) electrons. The van der Waals surface area contributed by atoms with Gasteiger partial charge < -0.3 is 5.32 Å². The van der Waals surface area contributed by atoms with Gasteiger partial charge in [0.2, 0.25) is 0 Å². The second-order valence-electron chi connectivity index (χ2n) is 5.78. The molecule has 0 saturated carbocycles. The highest BCUT2D eigenvalue weighted by molar-refractivity contribution is 6.88.